The zero-order valence-corrected chi connectivity index (χ0v) is 12.0. The Morgan fingerprint density at radius 3 is 2.62 bits per heavy atom. The molecule has 0 saturated heterocycles. The molecule has 2 aromatic heterocycles. The Kier molecular flexibility index (Phi) is 4.14. The van der Waals surface area contributed by atoms with Crippen LogP contribution in [0.3, 0.4) is 0 Å². The van der Waals surface area contributed by atoms with Crippen LogP contribution in [0.15, 0.2) is 66.3 Å². The van der Waals surface area contributed by atoms with Gasteiger partial charge in [-0.3, -0.25) is 9.63 Å². The smallest absolute Gasteiger partial charge is 0.287 e. The first-order chi connectivity index (χ1) is 10.3. The van der Waals surface area contributed by atoms with E-state index in [1.54, 1.807) is 0 Å². The summed E-state index contributed by atoms with van der Waals surface area (Å²) < 4.78 is 1.91. The SMILES string of the molecule is O=C(NOCc1ccccc1)c1sccc1-n1cccc1. The Bertz CT molecular complexity index is 705. The van der Waals surface area contributed by atoms with Crippen molar-refractivity contribution in [3.8, 4) is 5.69 Å². The molecule has 0 aliphatic heterocycles. The minimum atomic E-state index is -0.232. The summed E-state index contributed by atoms with van der Waals surface area (Å²) in [5.41, 5.74) is 4.36. The molecule has 0 spiro atoms. The third-order valence-corrected chi connectivity index (χ3v) is 3.88. The molecule has 0 radical (unpaired) electrons. The van der Waals surface area contributed by atoms with Crippen molar-refractivity contribution in [3.05, 3.63) is 76.7 Å². The minimum Gasteiger partial charge on any atom is -0.322 e. The van der Waals surface area contributed by atoms with Crippen molar-refractivity contribution in [1.82, 2.24) is 10.0 Å². The van der Waals surface area contributed by atoms with Gasteiger partial charge in [-0.15, -0.1) is 11.3 Å². The molecule has 2 heterocycles. The van der Waals surface area contributed by atoms with Gasteiger partial charge >= 0.3 is 0 Å². The lowest BCUT2D eigenvalue weighted by molar-refractivity contribution is 0.0237. The predicted octanol–water partition coefficient (Wildman–Crippen LogP) is 3.40. The van der Waals surface area contributed by atoms with Crippen molar-refractivity contribution in [2.75, 3.05) is 0 Å². The summed E-state index contributed by atoms with van der Waals surface area (Å²) in [5.74, 6) is -0.232. The van der Waals surface area contributed by atoms with Crippen LogP contribution in [-0.4, -0.2) is 10.5 Å². The molecule has 1 aromatic carbocycles. The van der Waals surface area contributed by atoms with Gasteiger partial charge in [0.2, 0.25) is 0 Å². The standard InChI is InChI=1S/C16H14N2O2S/c19-16(17-20-12-13-6-2-1-3-7-13)15-14(8-11-21-15)18-9-4-5-10-18/h1-11H,12H2,(H,17,19). The number of nitrogens with one attached hydrogen (secondary N) is 1. The van der Waals surface area contributed by atoms with Gasteiger partial charge in [-0.1, -0.05) is 30.3 Å². The number of nitrogens with zero attached hydrogens (tertiary/aromatic N) is 1. The van der Waals surface area contributed by atoms with Gasteiger partial charge in [-0.2, -0.15) is 0 Å². The van der Waals surface area contributed by atoms with Crippen molar-refractivity contribution in [2.45, 2.75) is 6.61 Å². The van der Waals surface area contributed by atoms with E-state index in [1.165, 1.54) is 11.3 Å². The lowest BCUT2D eigenvalue weighted by atomic mass is 10.2. The van der Waals surface area contributed by atoms with E-state index in [9.17, 15) is 4.79 Å². The molecular formula is C16H14N2O2S. The van der Waals surface area contributed by atoms with Gasteiger partial charge in [0.1, 0.15) is 4.88 Å². The van der Waals surface area contributed by atoms with Gasteiger partial charge in [0.15, 0.2) is 0 Å². The maximum absolute atomic E-state index is 12.2. The molecule has 0 aliphatic carbocycles. The van der Waals surface area contributed by atoms with Crippen LogP contribution in [0.2, 0.25) is 0 Å². The highest BCUT2D eigenvalue weighted by atomic mass is 32.1. The third-order valence-electron chi connectivity index (χ3n) is 2.98. The van der Waals surface area contributed by atoms with Crippen LogP contribution >= 0.6 is 11.3 Å². The first-order valence-corrected chi connectivity index (χ1v) is 7.39. The molecule has 5 heteroatoms. The number of hydroxylamine groups is 1. The second kappa shape index (κ2) is 6.39. The molecule has 106 valence electrons. The molecule has 1 amide bonds. The normalized spacial score (nSPS) is 10.5. The van der Waals surface area contributed by atoms with Crippen LogP contribution in [-0.2, 0) is 11.4 Å². The summed E-state index contributed by atoms with van der Waals surface area (Å²) >= 11 is 1.39. The van der Waals surface area contributed by atoms with Crippen molar-refractivity contribution >= 4 is 17.2 Å². The summed E-state index contributed by atoms with van der Waals surface area (Å²) in [6.07, 6.45) is 3.81. The van der Waals surface area contributed by atoms with E-state index in [1.807, 2.05) is 70.9 Å². The maximum Gasteiger partial charge on any atom is 0.287 e. The quantitative estimate of drug-likeness (QED) is 0.734. The molecule has 21 heavy (non-hydrogen) atoms. The van der Waals surface area contributed by atoms with Crippen LogP contribution in [0.1, 0.15) is 15.2 Å². The van der Waals surface area contributed by atoms with Crippen LogP contribution in [0.5, 0.6) is 0 Å². The first-order valence-electron chi connectivity index (χ1n) is 6.51. The van der Waals surface area contributed by atoms with Crippen LogP contribution in [0.4, 0.5) is 0 Å². The van der Waals surface area contributed by atoms with Crippen molar-refractivity contribution in [3.63, 3.8) is 0 Å². The van der Waals surface area contributed by atoms with E-state index in [4.69, 9.17) is 4.84 Å². The predicted molar refractivity (Wildman–Crippen MR) is 82.3 cm³/mol. The number of carbonyl (C=O) groups is 1. The molecule has 0 unspecified atom stereocenters. The number of hydrogen-bond acceptors (Lipinski definition) is 3. The van der Waals surface area contributed by atoms with E-state index in [0.717, 1.165) is 11.3 Å². The van der Waals surface area contributed by atoms with Crippen molar-refractivity contribution in [2.24, 2.45) is 0 Å². The van der Waals surface area contributed by atoms with Gasteiger partial charge < -0.3 is 4.57 Å². The van der Waals surface area contributed by atoms with Gasteiger partial charge in [0.25, 0.3) is 5.91 Å². The number of carbonyl (C=O) groups excluding carboxylic acids is 1. The van der Waals surface area contributed by atoms with E-state index in [-0.39, 0.29) is 5.91 Å². The molecule has 0 fully saturated rings. The molecule has 0 aliphatic rings. The lowest BCUT2D eigenvalue weighted by Crippen LogP contribution is -2.23. The van der Waals surface area contributed by atoms with Gasteiger partial charge in [-0.25, -0.2) is 5.48 Å². The van der Waals surface area contributed by atoms with Gasteiger partial charge in [0.05, 0.1) is 12.3 Å². The van der Waals surface area contributed by atoms with E-state index in [0.29, 0.717) is 11.5 Å². The van der Waals surface area contributed by atoms with E-state index in [2.05, 4.69) is 5.48 Å². The highest BCUT2D eigenvalue weighted by Crippen LogP contribution is 2.21. The Morgan fingerprint density at radius 1 is 1.10 bits per heavy atom. The Hall–Kier alpha value is -2.37. The highest BCUT2D eigenvalue weighted by molar-refractivity contribution is 7.12. The molecule has 1 N–H and O–H groups in total. The average molecular weight is 298 g/mol. The highest BCUT2D eigenvalue weighted by Gasteiger charge is 2.14. The fourth-order valence-electron chi connectivity index (χ4n) is 1.98. The number of hydrogen-bond donors (Lipinski definition) is 1. The first kappa shape index (κ1) is 13.6. The maximum atomic E-state index is 12.2. The number of thiophene rings is 1. The number of benzene rings is 1. The topological polar surface area (TPSA) is 43.3 Å². The molecule has 4 nitrogen and oxygen atoms in total. The number of aromatic nitrogens is 1. The second-order valence-electron chi connectivity index (χ2n) is 4.43. The monoisotopic (exact) mass is 298 g/mol. The van der Waals surface area contributed by atoms with Gasteiger partial charge in [-0.05, 0) is 29.1 Å². The fourth-order valence-corrected chi connectivity index (χ4v) is 2.75. The molecule has 0 saturated carbocycles. The molecule has 0 atom stereocenters. The van der Waals surface area contributed by atoms with Crippen molar-refractivity contribution < 1.29 is 9.63 Å². The van der Waals surface area contributed by atoms with Crippen LogP contribution in [0.25, 0.3) is 5.69 Å². The molecular weight excluding hydrogens is 284 g/mol. The molecule has 3 rings (SSSR count). The van der Waals surface area contributed by atoms with Gasteiger partial charge in [0, 0.05) is 12.4 Å². The Labute approximate surface area is 126 Å². The summed E-state index contributed by atoms with van der Waals surface area (Å²) in [6.45, 7) is 0.344. The fraction of sp³-hybridized carbons (Fsp3) is 0.0625. The number of amides is 1. The molecule has 0 bridgehead atoms. The second-order valence-corrected chi connectivity index (χ2v) is 5.35. The Balaban J connectivity index is 1.63. The molecule has 3 aromatic rings. The third kappa shape index (κ3) is 3.21. The average Bonchev–Trinajstić information content (AvgIpc) is 3.19. The van der Waals surface area contributed by atoms with E-state index < -0.39 is 0 Å². The summed E-state index contributed by atoms with van der Waals surface area (Å²) in [4.78, 5) is 18.1. The Morgan fingerprint density at radius 2 is 1.86 bits per heavy atom. The largest absolute Gasteiger partial charge is 0.322 e. The van der Waals surface area contributed by atoms with Crippen LogP contribution < -0.4 is 5.48 Å². The van der Waals surface area contributed by atoms with Crippen molar-refractivity contribution in [1.29, 1.82) is 0 Å². The van der Waals surface area contributed by atoms with E-state index >= 15 is 0 Å². The minimum absolute atomic E-state index is 0.232. The van der Waals surface area contributed by atoms with Crippen LogP contribution in [0, 0.1) is 0 Å². The summed E-state index contributed by atoms with van der Waals surface area (Å²) in [5, 5.41) is 1.89. The zero-order valence-electron chi connectivity index (χ0n) is 11.2. The number of rotatable bonds is 5. The summed E-state index contributed by atoms with van der Waals surface area (Å²) in [6, 6.07) is 15.5. The summed E-state index contributed by atoms with van der Waals surface area (Å²) in [7, 11) is 0. The zero-order chi connectivity index (χ0) is 14.5. The lowest BCUT2D eigenvalue weighted by Gasteiger charge is -2.07.